The molecule has 0 saturated heterocycles. The number of nitrogens with zero attached hydrogens (tertiary/aromatic N) is 3. The summed E-state index contributed by atoms with van der Waals surface area (Å²) in [5.41, 5.74) is 3.05. The first-order valence-corrected chi connectivity index (χ1v) is 9.51. The molecule has 28 heavy (non-hydrogen) atoms. The number of hydrogen-bond acceptors (Lipinski definition) is 5. The summed E-state index contributed by atoms with van der Waals surface area (Å²) in [5.74, 6) is 2.20. The van der Waals surface area contributed by atoms with Crippen LogP contribution in [0, 0.1) is 0 Å². The van der Waals surface area contributed by atoms with E-state index in [2.05, 4.69) is 21.5 Å². The van der Waals surface area contributed by atoms with Gasteiger partial charge in [0.15, 0.2) is 5.82 Å². The van der Waals surface area contributed by atoms with Crippen LogP contribution in [0.25, 0.3) is 5.70 Å². The Morgan fingerprint density at radius 2 is 1.89 bits per heavy atom. The van der Waals surface area contributed by atoms with Gasteiger partial charge >= 0.3 is 0 Å². The summed E-state index contributed by atoms with van der Waals surface area (Å²) >= 11 is 6.04. The van der Waals surface area contributed by atoms with Crippen molar-refractivity contribution < 1.29 is 9.84 Å². The number of anilines is 1. The van der Waals surface area contributed by atoms with Crippen molar-refractivity contribution in [1.29, 1.82) is 0 Å². The predicted octanol–water partition coefficient (Wildman–Crippen LogP) is 3.92. The lowest BCUT2D eigenvalue weighted by Crippen LogP contribution is -2.20. The van der Waals surface area contributed by atoms with Crippen molar-refractivity contribution in [3.05, 3.63) is 76.6 Å². The summed E-state index contributed by atoms with van der Waals surface area (Å²) < 4.78 is 7.16. The van der Waals surface area contributed by atoms with Crippen LogP contribution in [0.3, 0.4) is 0 Å². The summed E-state index contributed by atoms with van der Waals surface area (Å²) in [6, 6.07) is 15.5. The average Bonchev–Trinajstić information content (AvgIpc) is 3.15. The second-order valence-electron chi connectivity index (χ2n) is 6.55. The Bertz CT molecular complexity index is 981. The van der Waals surface area contributed by atoms with Crippen LogP contribution >= 0.6 is 11.6 Å². The van der Waals surface area contributed by atoms with Crippen LogP contribution < -0.4 is 10.1 Å². The third-order valence-electron chi connectivity index (χ3n) is 4.68. The van der Waals surface area contributed by atoms with E-state index >= 15 is 0 Å². The summed E-state index contributed by atoms with van der Waals surface area (Å²) in [7, 11) is 1.65. The van der Waals surface area contributed by atoms with E-state index in [-0.39, 0.29) is 12.6 Å². The fourth-order valence-corrected chi connectivity index (χ4v) is 3.34. The number of ether oxygens (including phenoxy) is 1. The first-order valence-electron chi connectivity index (χ1n) is 9.13. The molecular formula is C21H21ClN4O2. The maximum atomic E-state index is 9.11. The summed E-state index contributed by atoms with van der Waals surface area (Å²) in [4.78, 5) is 4.63. The number of halogens is 1. The van der Waals surface area contributed by atoms with Crippen LogP contribution in [-0.4, -0.2) is 33.6 Å². The molecule has 1 aliphatic heterocycles. The highest BCUT2D eigenvalue weighted by atomic mass is 35.5. The number of hydrogen-bond donors (Lipinski definition) is 2. The van der Waals surface area contributed by atoms with Crippen molar-refractivity contribution in [3.63, 3.8) is 0 Å². The molecule has 144 valence electrons. The third-order valence-corrected chi connectivity index (χ3v) is 4.93. The number of methoxy groups -OCH3 is 1. The van der Waals surface area contributed by atoms with E-state index in [4.69, 9.17) is 21.4 Å². The standard InChI is InChI=1S/C21H21ClN4O2/c1-28-17-10-6-15(7-11-17)19-13-18(14-4-8-16(22)9-5-14)23-21-24-20(3-2-12-27)25-26(19)21/h4-11,13,19,27H,2-3,12H2,1H3,(H,23,24,25). The minimum absolute atomic E-state index is 0.108. The SMILES string of the molecule is COc1ccc(C2C=C(c3ccc(Cl)cc3)Nc3nc(CCCO)nn32)cc1. The second kappa shape index (κ2) is 8.04. The van der Waals surface area contributed by atoms with E-state index in [9.17, 15) is 0 Å². The molecule has 2 aromatic carbocycles. The van der Waals surface area contributed by atoms with Crippen molar-refractivity contribution in [1.82, 2.24) is 14.8 Å². The molecule has 1 atom stereocenters. The predicted molar refractivity (Wildman–Crippen MR) is 110 cm³/mol. The van der Waals surface area contributed by atoms with Crippen LogP contribution in [0.15, 0.2) is 54.6 Å². The third kappa shape index (κ3) is 3.74. The maximum absolute atomic E-state index is 9.11. The van der Waals surface area contributed by atoms with Crippen molar-refractivity contribution in [3.8, 4) is 5.75 Å². The first-order chi connectivity index (χ1) is 13.7. The molecular weight excluding hydrogens is 376 g/mol. The molecule has 0 bridgehead atoms. The number of benzene rings is 2. The molecule has 1 aromatic heterocycles. The highest BCUT2D eigenvalue weighted by Crippen LogP contribution is 2.33. The Kier molecular flexibility index (Phi) is 5.32. The van der Waals surface area contributed by atoms with Crippen molar-refractivity contribution >= 4 is 23.2 Å². The molecule has 6 nitrogen and oxygen atoms in total. The number of aryl methyl sites for hydroxylation is 1. The topological polar surface area (TPSA) is 72.2 Å². The Morgan fingerprint density at radius 3 is 2.57 bits per heavy atom. The molecule has 0 saturated carbocycles. The lowest BCUT2D eigenvalue weighted by atomic mass is 10.0. The zero-order valence-corrected chi connectivity index (χ0v) is 16.2. The van der Waals surface area contributed by atoms with E-state index in [0.717, 1.165) is 22.6 Å². The Balaban J connectivity index is 1.75. The largest absolute Gasteiger partial charge is 0.497 e. The molecule has 0 radical (unpaired) electrons. The lowest BCUT2D eigenvalue weighted by molar-refractivity contribution is 0.287. The molecule has 7 heteroatoms. The zero-order chi connectivity index (χ0) is 19.5. The van der Waals surface area contributed by atoms with Crippen LogP contribution in [0.1, 0.15) is 29.4 Å². The van der Waals surface area contributed by atoms with Crippen molar-refractivity contribution in [2.24, 2.45) is 0 Å². The quantitative estimate of drug-likeness (QED) is 0.660. The minimum Gasteiger partial charge on any atom is -0.497 e. The van der Waals surface area contributed by atoms with Crippen LogP contribution in [-0.2, 0) is 6.42 Å². The molecule has 4 rings (SSSR count). The monoisotopic (exact) mass is 396 g/mol. The van der Waals surface area contributed by atoms with Gasteiger partial charge in [-0.3, -0.25) is 0 Å². The van der Waals surface area contributed by atoms with Gasteiger partial charge in [-0.2, -0.15) is 10.1 Å². The smallest absolute Gasteiger partial charge is 0.226 e. The average molecular weight is 397 g/mol. The van der Waals surface area contributed by atoms with Crippen molar-refractivity contribution in [2.45, 2.75) is 18.9 Å². The van der Waals surface area contributed by atoms with E-state index < -0.39 is 0 Å². The zero-order valence-electron chi connectivity index (χ0n) is 15.5. The molecule has 0 spiro atoms. The Hall–Kier alpha value is -2.83. The van der Waals surface area contributed by atoms with Gasteiger partial charge in [0.25, 0.3) is 0 Å². The first kappa shape index (κ1) is 18.5. The van der Waals surface area contributed by atoms with Crippen LogP contribution in [0.2, 0.25) is 5.02 Å². The Labute approximate surface area is 168 Å². The van der Waals surface area contributed by atoms with E-state index in [1.807, 2.05) is 53.2 Å². The van der Waals surface area contributed by atoms with E-state index in [1.165, 1.54) is 0 Å². The number of fused-ring (bicyclic) bond motifs is 1. The number of aliphatic hydroxyl groups is 1. The van der Waals surface area contributed by atoms with Crippen LogP contribution in [0.4, 0.5) is 5.95 Å². The van der Waals surface area contributed by atoms with Crippen LogP contribution in [0.5, 0.6) is 5.75 Å². The number of allylic oxidation sites excluding steroid dienone is 1. The molecule has 1 aliphatic rings. The van der Waals surface area contributed by atoms with Gasteiger partial charge in [0, 0.05) is 23.7 Å². The second-order valence-corrected chi connectivity index (χ2v) is 6.99. The number of aliphatic hydroxyl groups excluding tert-OH is 1. The molecule has 2 N–H and O–H groups in total. The number of rotatable bonds is 6. The number of nitrogens with one attached hydrogen (secondary N) is 1. The molecule has 2 heterocycles. The molecule has 0 amide bonds. The number of aromatic nitrogens is 3. The van der Waals surface area contributed by atoms with E-state index in [1.54, 1.807) is 7.11 Å². The van der Waals surface area contributed by atoms with Gasteiger partial charge in [0.2, 0.25) is 5.95 Å². The van der Waals surface area contributed by atoms with Gasteiger partial charge in [0.05, 0.1) is 7.11 Å². The van der Waals surface area contributed by atoms with Crippen molar-refractivity contribution in [2.75, 3.05) is 19.0 Å². The summed E-state index contributed by atoms with van der Waals surface area (Å²) in [5, 5.41) is 17.8. The molecule has 3 aromatic rings. The normalized spacial score (nSPS) is 15.5. The van der Waals surface area contributed by atoms with Gasteiger partial charge in [-0.25, -0.2) is 4.68 Å². The maximum Gasteiger partial charge on any atom is 0.226 e. The Morgan fingerprint density at radius 1 is 1.14 bits per heavy atom. The lowest BCUT2D eigenvalue weighted by Gasteiger charge is -2.24. The van der Waals surface area contributed by atoms with E-state index in [0.29, 0.717) is 29.6 Å². The van der Waals surface area contributed by atoms with Gasteiger partial charge in [0.1, 0.15) is 11.8 Å². The summed E-state index contributed by atoms with van der Waals surface area (Å²) in [6.07, 6.45) is 3.39. The fraction of sp³-hybridized carbons (Fsp3) is 0.238. The van der Waals surface area contributed by atoms with Gasteiger partial charge in [-0.15, -0.1) is 0 Å². The molecule has 0 fully saturated rings. The molecule has 1 unspecified atom stereocenters. The van der Waals surface area contributed by atoms with Gasteiger partial charge in [-0.05, 0) is 47.9 Å². The van der Waals surface area contributed by atoms with Gasteiger partial charge < -0.3 is 15.2 Å². The summed E-state index contributed by atoms with van der Waals surface area (Å²) in [6.45, 7) is 0.119. The minimum atomic E-state index is -0.108. The fourth-order valence-electron chi connectivity index (χ4n) is 3.22. The highest BCUT2D eigenvalue weighted by molar-refractivity contribution is 6.30. The van der Waals surface area contributed by atoms with Gasteiger partial charge in [-0.1, -0.05) is 35.9 Å². The highest BCUT2D eigenvalue weighted by Gasteiger charge is 2.25. The molecule has 0 aliphatic carbocycles.